The van der Waals surface area contributed by atoms with Crippen molar-refractivity contribution < 1.29 is 4.79 Å². The number of hydrogen-bond donors (Lipinski definition) is 2. The Kier molecular flexibility index (Phi) is 5.98. The van der Waals surface area contributed by atoms with Crippen LogP contribution < -0.4 is 10.7 Å². The third kappa shape index (κ3) is 5.57. The number of nitrogens with one attached hydrogen (secondary N) is 2. The molecule has 0 atom stereocenters. The molecule has 2 N–H and O–H groups in total. The maximum Gasteiger partial charge on any atom is 0.339 e. The molecule has 0 fully saturated rings. The molecule has 3 aromatic rings. The standard InChI is InChI=1S/C20H18N6O/c1-15(16-6-5-13-21-14-16)23-26-20(27)22-17-9-11-19(12-10-17)25-24-18-7-3-2-4-8-18/h2-14H,1H3,(H2,22,26,27). The monoisotopic (exact) mass is 358 g/mol. The van der Waals surface area contributed by atoms with E-state index in [4.69, 9.17) is 0 Å². The average Bonchev–Trinajstić information content (AvgIpc) is 2.73. The second-order valence-electron chi connectivity index (χ2n) is 5.59. The lowest BCUT2D eigenvalue weighted by Crippen LogP contribution is -2.25. The van der Waals surface area contributed by atoms with E-state index in [0.29, 0.717) is 17.1 Å². The number of benzene rings is 2. The number of nitrogens with zero attached hydrogens (tertiary/aromatic N) is 4. The van der Waals surface area contributed by atoms with Crippen molar-refractivity contribution in [3.63, 3.8) is 0 Å². The van der Waals surface area contributed by atoms with Crippen molar-refractivity contribution in [1.29, 1.82) is 0 Å². The summed E-state index contributed by atoms with van der Waals surface area (Å²) >= 11 is 0. The van der Waals surface area contributed by atoms with E-state index in [9.17, 15) is 4.79 Å². The highest BCUT2D eigenvalue weighted by molar-refractivity contribution is 5.99. The summed E-state index contributed by atoms with van der Waals surface area (Å²) in [6.07, 6.45) is 3.36. The molecule has 0 bridgehead atoms. The number of carbonyl (C=O) groups is 1. The summed E-state index contributed by atoms with van der Waals surface area (Å²) in [6.45, 7) is 1.80. The van der Waals surface area contributed by atoms with E-state index in [-0.39, 0.29) is 0 Å². The fraction of sp³-hybridized carbons (Fsp3) is 0.0500. The van der Waals surface area contributed by atoms with Gasteiger partial charge in [-0.2, -0.15) is 15.3 Å². The van der Waals surface area contributed by atoms with Gasteiger partial charge in [0, 0.05) is 23.6 Å². The van der Waals surface area contributed by atoms with Gasteiger partial charge in [-0.3, -0.25) is 4.98 Å². The maximum absolute atomic E-state index is 12.0. The molecular formula is C20H18N6O. The minimum absolute atomic E-state index is 0.433. The molecule has 2 amide bonds. The van der Waals surface area contributed by atoms with Crippen molar-refractivity contribution in [2.75, 3.05) is 5.32 Å². The number of azo groups is 1. The van der Waals surface area contributed by atoms with Gasteiger partial charge in [-0.25, -0.2) is 10.2 Å². The van der Waals surface area contributed by atoms with E-state index >= 15 is 0 Å². The van der Waals surface area contributed by atoms with Crippen LogP contribution in [0.25, 0.3) is 0 Å². The van der Waals surface area contributed by atoms with Crippen LogP contribution in [0.2, 0.25) is 0 Å². The highest BCUT2D eigenvalue weighted by Crippen LogP contribution is 2.19. The van der Waals surface area contributed by atoms with Gasteiger partial charge < -0.3 is 5.32 Å². The van der Waals surface area contributed by atoms with Gasteiger partial charge in [-0.1, -0.05) is 24.3 Å². The normalized spacial score (nSPS) is 11.4. The molecule has 1 heterocycles. The van der Waals surface area contributed by atoms with Crippen LogP contribution in [0.1, 0.15) is 12.5 Å². The molecule has 1 aromatic heterocycles. The van der Waals surface area contributed by atoms with E-state index in [0.717, 1.165) is 11.3 Å². The molecule has 0 aliphatic carbocycles. The largest absolute Gasteiger partial charge is 0.339 e. The fourth-order valence-corrected chi connectivity index (χ4v) is 2.16. The van der Waals surface area contributed by atoms with Crippen LogP contribution in [0.4, 0.5) is 21.9 Å². The summed E-state index contributed by atoms with van der Waals surface area (Å²) in [5.74, 6) is 0. The molecule has 0 aliphatic heterocycles. The first-order valence-electron chi connectivity index (χ1n) is 8.29. The summed E-state index contributed by atoms with van der Waals surface area (Å²) in [4.78, 5) is 16.0. The van der Waals surface area contributed by atoms with Crippen molar-refractivity contribution in [3.8, 4) is 0 Å². The number of urea groups is 1. The summed E-state index contributed by atoms with van der Waals surface area (Å²) in [5, 5.41) is 15.1. The van der Waals surface area contributed by atoms with Crippen molar-refractivity contribution in [1.82, 2.24) is 10.4 Å². The third-order valence-corrected chi connectivity index (χ3v) is 3.57. The summed E-state index contributed by atoms with van der Waals surface area (Å²) < 4.78 is 0. The maximum atomic E-state index is 12.0. The molecule has 7 heteroatoms. The van der Waals surface area contributed by atoms with Crippen molar-refractivity contribution in [2.45, 2.75) is 6.92 Å². The Morgan fingerprint density at radius 1 is 0.889 bits per heavy atom. The number of hydrazone groups is 1. The second-order valence-corrected chi connectivity index (χ2v) is 5.59. The lowest BCUT2D eigenvalue weighted by molar-refractivity contribution is 0.252. The molecule has 0 saturated heterocycles. The lowest BCUT2D eigenvalue weighted by atomic mass is 10.2. The van der Waals surface area contributed by atoms with Gasteiger partial charge in [0.05, 0.1) is 17.1 Å². The predicted molar refractivity (Wildman–Crippen MR) is 106 cm³/mol. The molecule has 0 saturated carbocycles. The molecule has 27 heavy (non-hydrogen) atoms. The van der Waals surface area contributed by atoms with Crippen LogP contribution in [0.5, 0.6) is 0 Å². The van der Waals surface area contributed by atoms with Gasteiger partial charge in [0.1, 0.15) is 0 Å². The van der Waals surface area contributed by atoms with Crippen LogP contribution in [0, 0.1) is 0 Å². The minimum atomic E-state index is -0.433. The predicted octanol–water partition coefficient (Wildman–Crippen LogP) is 5.04. The molecule has 3 rings (SSSR count). The van der Waals surface area contributed by atoms with Crippen LogP contribution >= 0.6 is 0 Å². The first kappa shape index (κ1) is 17.9. The molecule has 134 valence electrons. The highest BCUT2D eigenvalue weighted by Gasteiger charge is 2.02. The van der Waals surface area contributed by atoms with Crippen LogP contribution in [0.3, 0.4) is 0 Å². The molecule has 0 aliphatic rings. The molecule has 0 spiro atoms. The van der Waals surface area contributed by atoms with Gasteiger partial charge in [0.2, 0.25) is 0 Å². The van der Waals surface area contributed by atoms with E-state index in [1.54, 1.807) is 43.6 Å². The molecule has 7 nitrogen and oxygen atoms in total. The SMILES string of the molecule is CC(=NNC(=O)Nc1ccc(N=Nc2ccccc2)cc1)c1cccnc1. The Balaban J connectivity index is 1.55. The van der Waals surface area contributed by atoms with Crippen molar-refractivity contribution in [3.05, 3.63) is 84.7 Å². The third-order valence-electron chi connectivity index (χ3n) is 3.57. The van der Waals surface area contributed by atoms with Gasteiger partial charge in [-0.15, -0.1) is 0 Å². The average molecular weight is 358 g/mol. The summed E-state index contributed by atoms with van der Waals surface area (Å²) in [5.41, 5.74) is 6.05. The topological polar surface area (TPSA) is 91.1 Å². The Morgan fingerprint density at radius 3 is 2.26 bits per heavy atom. The Hall–Kier alpha value is -3.87. The number of carbonyl (C=O) groups excluding carboxylic acids is 1. The zero-order chi connectivity index (χ0) is 18.9. The van der Waals surface area contributed by atoms with Crippen molar-refractivity contribution >= 4 is 28.8 Å². The number of hydrogen-bond acceptors (Lipinski definition) is 5. The Bertz CT molecular complexity index is 937. The van der Waals surface area contributed by atoms with E-state index in [1.807, 2.05) is 42.5 Å². The summed E-state index contributed by atoms with van der Waals surface area (Å²) in [7, 11) is 0. The number of amides is 2. The van der Waals surface area contributed by atoms with Crippen LogP contribution in [-0.2, 0) is 0 Å². The van der Waals surface area contributed by atoms with Gasteiger partial charge in [0.25, 0.3) is 0 Å². The Morgan fingerprint density at radius 2 is 1.59 bits per heavy atom. The minimum Gasteiger partial charge on any atom is -0.307 e. The number of aromatic nitrogens is 1. The number of anilines is 1. The first-order chi connectivity index (χ1) is 13.2. The first-order valence-corrected chi connectivity index (χ1v) is 8.29. The zero-order valence-corrected chi connectivity index (χ0v) is 14.7. The second kappa shape index (κ2) is 9.00. The smallest absolute Gasteiger partial charge is 0.307 e. The fourth-order valence-electron chi connectivity index (χ4n) is 2.16. The number of rotatable bonds is 5. The van der Waals surface area contributed by atoms with Crippen molar-refractivity contribution in [2.24, 2.45) is 15.3 Å². The van der Waals surface area contributed by atoms with E-state index in [1.165, 1.54) is 0 Å². The molecule has 2 aromatic carbocycles. The lowest BCUT2D eigenvalue weighted by Gasteiger charge is -2.05. The van der Waals surface area contributed by atoms with Gasteiger partial charge >= 0.3 is 6.03 Å². The summed E-state index contributed by atoms with van der Waals surface area (Å²) in [6, 6.07) is 19.8. The molecule has 0 unspecified atom stereocenters. The van der Waals surface area contributed by atoms with Crippen LogP contribution in [-0.4, -0.2) is 16.7 Å². The van der Waals surface area contributed by atoms with E-state index < -0.39 is 6.03 Å². The van der Waals surface area contributed by atoms with Gasteiger partial charge in [-0.05, 0) is 49.4 Å². The van der Waals surface area contributed by atoms with Gasteiger partial charge in [0.15, 0.2) is 0 Å². The number of pyridine rings is 1. The van der Waals surface area contributed by atoms with Crippen LogP contribution in [0.15, 0.2) is 94.5 Å². The highest BCUT2D eigenvalue weighted by atomic mass is 16.2. The zero-order valence-electron chi connectivity index (χ0n) is 14.7. The Labute approximate surface area is 156 Å². The quantitative estimate of drug-likeness (QED) is 0.380. The molecule has 0 radical (unpaired) electrons. The van der Waals surface area contributed by atoms with E-state index in [2.05, 4.69) is 31.1 Å². The molecular weight excluding hydrogens is 340 g/mol.